The molecule has 1 aromatic rings. The minimum absolute atomic E-state index is 0.130. The summed E-state index contributed by atoms with van der Waals surface area (Å²) in [5, 5.41) is 0. The third kappa shape index (κ3) is 2.38. The highest BCUT2D eigenvalue weighted by molar-refractivity contribution is 9.10. The van der Waals surface area contributed by atoms with Crippen LogP contribution in [0.3, 0.4) is 0 Å². The van der Waals surface area contributed by atoms with E-state index >= 15 is 0 Å². The van der Waals surface area contributed by atoms with Crippen LogP contribution in [0.25, 0.3) is 0 Å². The van der Waals surface area contributed by atoms with E-state index in [2.05, 4.69) is 15.9 Å². The molecule has 0 bridgehead atoms. The molecule has 3 nitrogen and oxygen atoms in total. The van der Waals surface area contributed by atoms with Crippen molar-refractivity contribution in [1.29, 1.82) is 0 Å². The summed E-state index contributed by atoms with van der Waals surface area (Å²) in [5.74, 6) is 0.935. The molecule has 0 N–H and O–H groups in total. The number of ketones is 1. The van der Waals surface area contributed by atoms with Crippen LogP contribution in [-0.4, -0.2) is 12.6 Å². The van der Waals surface area contributed by atoms with Crippen LogP contribution < -0.4 is 4.74 Å². The molecule has 2 rings (SSSR count). The number of carbonyl (C=O) groups excluding carboxylic acids is 1. The molecule has 0 fully saturated rings. The number of hydrogen-bond donors (Lipinski definition) is 0. The molecule has 0 saturated heterocycles. The maximum absolute atomic E-state index is 11.1. The van der Waals surface area contributed by atoms with Crippen molar-refractivity contribution in [1.82, 2.24) is 0 Å². The maximum Gasteiger partial charge on any atom is 0.189 e. The predicted molar refractivity (Wildman–Crippen MR) is 58.8 cm³/mol. The molecule has 15 heavy (non-hydrogen) atoms. The second-order valence-electron chi connectivity index (χ2n) is 3.54. The Morgan fingerprint density at radius 1 is 1.53 bits per heavy atom. The molecule has 0 amide bonds. The quantitative estimate of drug-likeness (QED) is 0.828. The fourth-order valence-corrected chi connectivity index (χ4v) is 2.21. The Hall–Kier alpha value is -0.870. The molecule has 1 aliphatic heterocycles. The number of hydrogen-bond acceptors (Lipinski definition) is 3. The van der Waals surface area contributed by atoms with Crippen molar-refractivity contribution >= 4 is 21.7 Å². The molecule has 0 unspecified atom stereocenters. The van der Waals surface area contributed by atoms with Gasteiger partial charge in [-0.1, -0.05) is 15.9 Å². The first-order valence-corrected chi connectivity index (χ1v) is 5.47. The number of halogens is 1. The Morgan fingerprint density at radius 3 is 3.07 bits per heavy atom. The van der Waals surface area contributed by atoms with E-state index < -0.39 is 0 Å². The number of Topliss-reactive ketones (excluding diaryl/α,β-unsaturated/α-hetero) is 1. The van der Waals surface area contributed by atoms with E-state index in [0.29, 0.717) is 13.0 Å². The second-order valence-corrected chi connectivity index (χ2v) is 4.46. The number of ether oxygens (including phenoxy) is 2. The zero-order valence-electron chi connectivity index (χ0n) is 8.38. The summed E-state index contributed by atoms with van der Waals surface area (Å²) in [7, 11) is 0. The molecule has 0 spiro atoms. The fraction of sp³-hybridized carbons (Fsp3) is 0.364. The van der Waals surface area contributed by atoms with E-state index in [-0.39, 0.29) is 12.6 Å². The first kappa shape index (κ1) is 10.6. The summed E-state index contributed by atoms with van der Waals surface area (Å²) in [6.07, 6.45) is 0.405. The highest BCUT2D eigenvalue weighted by Gasteiger charge is 2.16. The highest BCUT2D eigenvalue weighted by atomic mass is 79.9. The summed E-state index contributed by atoms with van der Waals surface area (Å²) in [5.41, 5.74) is 1.92. The molecule has 0 atom stereocenters. The molecule has 0 radical (unpaired) electrons. The van der Waals surface area contributed by atoms with E-state index in [1.165, 1.54) is 0 Å². The van der Waals surface area contributed by atoms with Gasteiger partial charge in [0.15, 0.2) is 6.79 Å². The third-order valence-electron chi connectivity index (χ3n) is 2.19. The molecule has 1 aromatic carbocycles. The van der Waals surface area contributed by atoms with E-state index in [0.717, 1.165) is 21.3 Å². The molecule has 1 aliphatic rings. The van der Waals surface area contributed by atoms with E-state index in [1.54, 1.807) is 6.92 Å². The molecule has 4 heteroatoms. The van der Waals surface area contributed by atoms with Crippen LogP contribution in [0.1, 0.15) is 18.1 Å². The molecule has 0 aromatic heterocycles. The van der Waals surface area contributed by atoms with Gasteiger partial charge in [0, 0.05) is 22.0 Å². The van der Waals surface area contributed by atoms with Gasteiger partial charge in [0.05, 0.1) is 6.61 Å². The van der Waals surface area contributed by atoms with Gasteiger partial charge in [-0.05, 0) is 19.1 Å². The topological polar surface area (TPSA) is 35.5 Å². The van der Waals surface area contributed by atoms with Gasteiger partial charge in [-0.2, -0.15) is 0 Å². The Balaban J connectivity index is 2.43. The van der Waals surface area contributed by atoms with Gasteiger partial charge < -0.3 is 9.47 Å². The van der Waals surface area contributed by atoms with Crippen molar-refractivity contribution < 1.29 is 14.3 Å². The molecule has 1 heterocycles. The van der Waals surface area contributed by atoms with Crippen LogP contribution in [0.5, 0.6) is 5.75 Å². The summed E-state index contributed by atoms with van der Waals surface area (Å²) in [4.78, 5) is 11.1. The standard InChI is InChI=1S/C11H11BrO3/c1-7(13)2-8-3-10(12)4-9-5-14-6-15-11(8)9/h3-4H,2,5-6H2,1H3. The van der Waals surface area contributed by atoms with Crippen molar-refractivity contribution in [2.75, 3.05) is 6.79 Å². The minimum Gasteiger partial charge on any atom is -0.467 e. The third-order valence-corrected chi connectivity index (χ3v) is 2.65. The van der Waals surface area contributed by atoms with Gasteiger partial charge in [0.2, 0.25) is 0 Å². The minimum atomic E-state index is 0.130. The first-order valence-electron chi connectivity index (χ1n) is 4.68. The van der Waals surface area contributed by atoms with Crippen molar-refractivity contribution in [3.8, 4) is 5.75 Å². The SMILES string of the molecule is CC(=O)Cc1cc(Br)cc2c1OCOC2. The van der Waals surface area contributed by atoms with Crippen LogP contribution in [0.4, 0.5) is 0 Å². The van der Waals surface area contributed by atoms with Gasteiger partial charge in [0.1, 0.15) is 11.5 Å². The van der Waals surface area contributed by atoms with E-state index in [4.69, 9.17) is 9.47 Å². The summed E-state index contributed by atoms with van der Waals surface area (Å²) < 4.78 is 11.5. The van der Waals surface area contributed by atoms with Crippen LogP contribution >= 0.6 is 15.9 Å². The normalized spacial score (nSPS) is 14.3. The number of benzene rings is 1. The van der Waals surface area contributed by atoms with E-state index in [1.807, 2.05) is 12.1 Å². The molecular formula is C11H11BrO3. The Morgan fingerprint density at radius 2 is 2.33 bits per heavy atom. The van der Waals surface area contributed by atoms with Crippen LogP contribution in [-0.2, 0) is 22.6 Å². The van der Waals surface area contributed by atoms with Crippen LogP contribution in [0.15, 0.2) is 16.6 Å². The Kier molecular flexibility index (Phi) is 3.07. The predicted octanol–water partition coefficient (Wildman–Crippen LogP) is 2.45. The number of fused-ring (bicyclic) bond motifs is 1. The van der Waals surface area contributed by atoms with Gasteiger partial charge in [-0.15, -0.1) is 0 Å². The molecule has 80 valence electrons. The Labute approximate surface area is 96.5 Å². The van der Waals surface area contributed by atoms with Crippen molar-refractivity contribution in [2.24, 2.45) is 0 Å². The summed E-state index contributed by atoms with van der Waals surface area (Å²) in [6, 6.07) is 3.88. The zero-order valence-corrected chi connectivity index (χ0v) is 9.96. The maximum atomic E-state index is 11.1. The lowest BCUT2D eigenvalue weighted by molar-refractivity contribution is -0.116. The number of rotatable bonds is 2. The van der Waals surface area contributed by atoms with Crippen molar-refractivity contribution in [3.05, 3.63) is 27.7 Å². The van der Waals surface area contributed by atoms with Gasteiger partial charge in [0.25, 0.3) is 0 Å². The average Bonchev–Trinajstić information content (AvgIpc) is 2.16. The fourth-order valence-electron chi connectivity index (χ4n) is 1.66. The van der Waals surface area contributed by atoms with E-state index in [9.17, 15) is 4.79 Å². The molecule has 0 saturated carbocycles. The second kappa shape index (κ2) is 4.33. The van der Waals surface area contributed by atoms with Gasteiger partial charge in [-0.25, -0.2) is 0 Å². The van der Waals surface area contributed by atoms with Crippen molar-refractivity contribution in [3.63, 3.8) is 0 Å². The first-order chi connectivity index (χ1) is 7.16. The summed E-state index contributed by atoms with van der Waals surface area (Å²) in [6.45, 7) is 2.38. The average molecular weight is 271 g/mol. The lowest BCUT2D eigenvalue weighted by atomic mass is 10.0. The van der Waals surface area contributed by atoms with Crippen LogP contribution in [0.2, 0.25) is 0 Å². The monoisotopic (exact) mass is 270 g/mol. The molecule has 0 aliphatic carbocycles. The smallest absolute Gasteiger partial charge is 0.189 e. The van der Waals surface area contributed by atoms with Gasteiger partial charge in [-0.3, -0.25) is 4.79 Å². The zero-order chi connectivity index (χ0) is 10.8. The van der Waals surface area contributed by atoms with Crippen LogP contribution in [0, 0.1) is 0 Å². The lowest BCUT2D eigenvalue weighted by Crippen LogP contribution is -2.14. The highest BCUT2D eigenvalue weighted by Crippen LogP contribution is 2.32. The van der Waals surface area contributed by atoms with Crippen molar-refractivity contribution in [2.45, 2.75) is 20.0 Å². The number of carbonyl (C=O) groups is 1. The lowest BCUT2D eigenvalue weighted by Gasteiger charge is -2.20. The summed E-state index contributed by atoms with van der Waals surface area (Å²) >= 11 is 3.41. The Bertz CT molecular complexity index is 401. The molecular weight excluding hydrogens is 260 g/mol. The van der Waals surface area contributed by atoms with Gasteiger partial charge >= 0.3 is 0 Å². The largest absolute Gasteiger partial charge is 0.467 e.